The molecule has 6 rings (SSSR count). The van der Waals surface area contributed by atoms with Gasteiger partial charge < -0.3 is 5.11 Å². The second-order valence-corrected chi connectivity index (χ2v) is 10.3. The van der Waals surface area contributed by atoms with Gasteiger partial charge in [0.05, 0.1) is 11.5 Å². The lowest BCUT2D eigenvalue weighted by molar-refractivity contribution is -0.257. The first kappa shape index (κ1) is 18.4. The molecule has 1 aromatic rings. The molecule has 5 aliphatic rings. The van der Waals surface area contributed by atoms with Crippen molar-refractivity contribution in [2.45, 2.75) is 64.1 Å². The summed E-state index contributed by atoms with van der Waals surface area (Å²) in [6, 6.07) is 7.91. The molecule has 28 heavy (non-hydrogen) atoms. The standard InChI is InChI=1S/C22H27ClN2O3/c1-21(2)19(26)25(24(21)12-14-5-3-4-6-17(14)23)18-15-7-13-8-16(18)11-22(9-13,10-15)20(27)28/h3-6,13,15-16,18H,7-12H2,1-2H3,(H,27,28). The Bertz CT molecular complexity index is 838. The second kappa shape index (κ2) is 5.96. The number of amides is 1. The summed E-state index contributed by atoms with van der Waals surface area (Å²) in [6.45, 7) is 4.54. The van der Waals surface area contributed by atoms with Crippen molar-refractivity contribution >= 4 is 23.5 Å². The Balaban J connectivity index is 1.45. The van der Waals surface area contributed by atoms with Gasteiger partial charge >= 0.3 is 5.97 Å². The summed E-state index contributed by atoms with van der Waals surface area (Å²) in [5, 5.41) is 14.7. The number of rotatable bonds is 4. The monoisotopic (exact) mass is 402 g/mol. The van der Waals surface area contributed by atoms with Crippen molar-refractivity contribution in [2.75, 3.05) is 0 Å². The largest absolute Gasteiger partial charge is 0.481 e. The zero-order valence-electron chi connectivity index (χ0n) is 16.4. The molecule has 4 aliphatic carbocycles. The smallest absolute Gasteiger partial charge is 0.309 e. The fraction of sp³-hybridized carbons (Fsp3) is 0.636. The zero-order chi connectivity index (χ0) is 19.8. The van der Waals surface area contributed by atoms with E-state index in [1.807, 2.05) is 43.1 Å². The molecule has 5 fully saturated rings. The fourth-order valence-electron chi connectivity index (χ4n) is 6.74. The molecule has 150 valence electrons. The normalized spacial score (nSPS) is 38.5. The first-order chi connectivity index (χ1) is 13.2. The number of hydrazine groups is 1. The van der Waals surface area contributed by atoms with Crippen molar-refractivity contribution < 1.29 is 14.7 Å². The van der Waals surface area contributed by atoms with E-state index in [1.165, 1.54) is 0 Å². The number of carboxylic acid groups (broad SMARTS) is 1. The Morgan fingerprint density at radius 1 is 1.18 bits per heavy atom. The molecular weight excluding hydrogens is 376 g/mol. The molecule has 0 radical (unpaired) electrons. The number of carboxylic acids is 1. The van der Waals surface area contributed by atoms with E-state index < -0.39 is 16.9 Å². The van der Waals surface area contributed by atoms with Crippen LogP contribution in [-0.2, 0) is 16.1 Å². The fourth-order valence-corrected chi connectivity index (χ4v) is 6.94. The quantitative estimate of drug-likeness (QED) is 0.828. The van der Waals surface area contributed by atoms with Gasteiger partial charge in [0.25, 0.3) is 5.91 Å². The van der Waals surface area contributed by atoms with Gasteiger partial charge in [-0.05, 0) is 75.3 Å². The van der Waals surface area contributed by atoms with E-state index in [9.17, 15) is 14.7 Å². The van der Waals surface area contributed by atoms with Crippen LogP contribution in [0.15, 0.2) is 24.3 Å². The summed E-state index contributed by atoms with van der Waals surface area (Å²) in [6.07, 6.45) is 4.36. The number of hydrogen-bond donors (Lipinski definition) is 1. The summed E-state index contributed by atoms with van der Waals surface area (Å²) >= 11 is 6.39. The van der Waals surface area contributed by atoms with E-state index >= 15 is 0 Å². The van der Waals surface area contributed by atoms with Crippen LogP contribution >= 0.6 is 11.6 Å². The van der Waals surface area contributed by atoms with Gasteiger partial charge in [0.15, 0.2) is 0 Å². The van der Waals surface area contributed by atoms with Crippen LogP contribution in [-0.4, -0.2) is 38.6 Å². The Kier molecular flexibility index (Phi) is 3.92. The highest BCUT2D eigenvalue weighted by Gasteiger charge is 2.65. The van der Waals surface area contributed by atoms with Gasteiger partial charge in [-0.3, -0.25) is 14.6 Å². The van der Waals surface area contributed by atoms with Crippen molar-refractivity contribution in [3.8, 4) is 0 Å². The minimum Gasteiger partial charge on any atom is -0.481 e. The van der Waals surface area contributed by atoms with Gasteiger partial charge in [0.2, 0.25) is 0 Å². The predicted molar refractivity (Wildman–Crippen MR) is 105 cm³/mol. The van der Waals surface area contributed by atoms with Gasteiger partial charge in [-0.25, -0.2) is 0 Å². The molecule has 2 unspecified atom stereocenters. The number of hydrogen-bond acceptors (Lipinski definition) is 3. The third-order valence-electron chi connectivity index (χ3n) is 7.87. The summed E-state index contributed by atoms with van der Waals surface area (Å²) in [5.41, 5.74) is -0.0944. The molecule has 4 bridgehead atoms. The first-order valence-corrected chi connectivity index (χ1v) is 10.7. The van der Waals surface area contributed by atoms with E-state index in [0.717, 1.165) is 24.8 Å². The number of nitrogens with zero attached hydrogens (tertiary/aromatic N) is 2. The average Bonchev–Trinajstić information content (AvgIpc) is 2.63. The van der Waals surface area contributed by atoms with E-state index in [0.29, 0.717) is 30.3 Å². The molecule has 6 heteroatoms. The number of carbonyl (C=O) groups excluding carboxylic acids is 1. The number of benzene rings is 1. The molecule has 1 amide bonds. The minimum absolute atomic E-state index is 0.132. The summed E-state index contributed by atoms with van der Waals surface area (Å²) in [5.74, 6) is 0.605. The Morgan fingerprint density at radius 2 is 1.82 bits per heavy atom. The summed E-state index contributed by atoms with van der Waals surface area (Å²) in [4.78, 5) is 25.2. The highest BCUT2D eigenvalue weighted by molar-refractivity contribution is 6.31. The highest BCUT2D eigenvalue weighted by atomic mass is 35.5. The SMILES string of the molecule is CC1(C)C(=O)N(C2C3CC4CC2CC(C(=O)O)(C4)C3)N1Cc1ccccc1Cl. The van der Waals surface area contributed by atoms with Crippen LogP contribution in [0, 0.1) is 23.2 Å². The van der Waals surface area contributed by atoms with Crippen LogP contribution in [0.3, 0.4) is 0 Å². The second-order valence-electron chi connectivity index (χ2n) is 9.90. The Labute approximate surface area is 170 Å². The van der Waals surface area contributed by atoms with Crippen LogP contribution in [0.5, 0.6) is 0 Å². The van der Waals surface area contributed by atoms with Crippen LogP contribution in [0.2, 0.25) is 5.02 Å². The molecule has 0 aromatic heterocycles. The van der Waals surface area contributed by atoms with Crippen molar-refractivity contribution in [1.29, 1.82) is 0 Å². The van der Waals surface area contributed by atoms with Gasteiger partial charge in [0.1, 0.15) is 5.54 Å². The molecule has 1 aliphatic heterocycles. The maximum absolute atomic E-state index is 13.1. The van der Waals surface area contributed by atoms with E-state index in [-0.39, 0.29) is 23.8 Å². The van der Waals surface area contributed by atoms with Crippen LogP contribution in [0.1, 0.15) is 51.5 Å². The molecule has 4 saturated carbocycles. The molecule has 1 saturated heterocycles. The third-order valence-corrected chi connectivity index (χ3v) is 8.24. The number of carbonyl (C=O) groups is 2. The third kappa shape index (κ3) is 2.42. The molecule has 1 aromatic carbocycles. The van der Waals surface area contributed by atoms with Crippen LogP contribution < -0.4 is 0 Å². The average molecular weight is 403 g/mol. The van der Waals surface area contributed by atoms with Gasteiger partial charge in [0, 0.05) is 11.6 Å². The molecule has 0 spiro atoms. The van der Waals surface area contributed by atoms with Gasteiger partial charge in [-0.2, -0.15) is 5.01 Å². The lowest BCUT2D eigenvalue weighted by Gasteiger charge is -2.66. The number of aliphatic carboxylic acids is 1. The molecule has 5 nitrogen and oxygen atoms in total. The minimum atomic E-state index is -0.631. The zero-order valence-corrected chi connectivity index (χ0v) is 17.2. The molecule has 1 N–H and O–H groups in total. The van der Waals surface area contributed by atoms with Crippen LogP contribution in [0.25, 0.3) is 0 Å². The lowest BCUT2D eigenvalue weighted by Crippen LogP contribution is -2.79. The summed E-state index contributed by atoms with van der Waals surface area (Å²) in [7, 11) is 0. The van der Waals surface area contributed by atoms with Crippen molar-refractivity contribution in [1.82, 2.24) is 10.0 Å². The van der Waals surface area contributed by atoms with Crippen molar-refractivity contribution in [3.05, 3.63) is 34.9 Å². The number of halogens is 1. The predicted octanol–water partition coefficient (Wildman–Crippen LogP) is 3.96. The summed E-state index contributed by atoms with van der Waals surface area (Å²) < 4.78 is 0. The Hall–Kier alpha value is -1.59. The first-order valence-electron chi connectivity index (χ1n) is 10.3. The molecule has 2 atom stereocenters. The van der Waals surface area contributed by atoms with E-state index in [4.69, 9.17) is 11.6 Å². The maximum Gasteiger partial charge on any atom is 0.309 e. The molecular formula is C22H27ClN2O3. The van der Waals surface area contributed by atoms with E-state index in [2.05, 4.69) is 5.01 Å². The van der Waals surface area contributed by atoms with Gasteiger partial charge in [-0.1, -0.05) is 29.8 Å². The topological polar surface area (TPSA) is 60.9 Å². The highest BCUT2D eigenvalue weighted by Crippen LogP contribution is 2.62. The van der Waals surface area contributed by atoms with Crippen LogP contribution in [0.4, 0.5) is 0 Å². The maximum atomic E-state index is 13.1. The van der Waals surface area contributed by atoms with Crippen molar-refractivity contribution in [2.24, 2.45) is 23.2 Å². The van der Waals surface area contributed by atoms with Gasteiger partial charge in [-0.15, -0.1) is 0 Å². The lowest BCUT2D eigenvalue weighted by atomic mass is 9.47. The molecule has 1 heterocycles. The van der Waals surface area contributed by atoms with Crippen molar-refractivity contribution in [3.63, 3.8) is 0 Å². The van der Waals surface area contributed by atoms with E-state index in [1.54, 1.807) is 0 Å². The Morgan fingerprint density at radius 3 is 2.43 bits per heavy atom.